The molecule has 2 aliphatic heterocycles. The third kappa shape index (κ3) is 4.02. The maximum Gasteiger partial charge on any atom is 0.230 e. The summed E-state index contributed by atoms with van der Waals surface area (Å²) in [6, 6.07) is 7.74. The first-order valence-electron chi connectivity index (χ1n) is 9.32. The predicted octanol–water partition coefficient (Wildman–Crippen LogP) is 1.73. The lowest BCUT2D eigenvalue weighted by molar-refractivity contribution is -0.125. The molecule has 0 bridgehead atoms. The van der Waals surface area contributed by atoms with E-state index in [1.54, 1.807) is 11.2 Å². The summed E-state index contributed by atoms with van der Waals surface area (Å²) < 4.78 is 6.09. The Balaban J connectivity index is 1.74. The van der Waals surface area contributed by atoms with Crippen molar-refractivity contribution in [3.63, 3.8) is 0 Å². The van der Waals surface area contributed by atoms with E-state index in [4.69, 9.17) is 10.6 Å². The summed E-state index contributed by atoms with van der Waals surface area (Å²) in [5, 5.41) is 8.01. The average molecular weight is 384 g/mol. The number of hydrogen-bond acceptors (Lipinski definition) is 8. The van der Waals surface area contributed by atoms with Crippen molar-refractivity contribution in [3.05, 3.63) is 47.8 Å². The molecule has 0 saturated carbocycles. The van der Waals surface area contributed by atoms with Gasteiger partial charge in [-0.3, -0.25) is 5.01 Å². The van der Waals surface area contributed by atoms with E-state index in [0.29, 0.717) is 12.3 Å². The number of benzene rings is 1. The molecule has 0 fully saturated rings. The third-order valence-electron chi connectivity index (χ3n) is 4.85. The fourth-order valence-corrected chi connectivity index (χ4v) is 3.21. The van der Waals surface area contributed by atoms with Crippen molar-refractivity contribution in [1.29, 1.82) is 0 Å². The number of hydrogen-bond donors (Lipinski definition) is 3. The second-order valence-corrected chi connectivity index (χ2v) is 7.33. The van der Waals surface area contributed by atoms with Gasteiger partial charge in [-0.1, -0.05) is 19.1 Å². The molecule has 2 unspecified atom stereocenters. The Morgan fingerprint density at radius 3 is 2.86 bits per heavy atom. The van der Waals surface area contributed by atoms with E-state index < -0.39 is 11.9 Å². The zero-order chi connectivity index (χ0) is 20.3. The number of allylic oxidation sites excluding steroid dienone is 2. The zero-order valence-corrected chi connectivity index (χ0v) is 16.7. The van der Waals surface area contributed by atoms with Crippen LogP contribution in [0.2, 0.25) is 0 Å². The number of hydrazine groups is 1. The highest BCUT2D eigenvalue weighted by atomic mass is 16.5. The average Bonchev–Trinajstić information content (AvgIpc) is 3.17. The van der Waals surface area contributed by atoms with Crippen LogP contribution < -0.4 is 21.5 Å². The first-order valence-corrected chi connectivity index (χ1v) is 9.32. The van der Waals surface area contributed by atoms with Gasteiger partial charge in [0.25, 0.3) is 0 Å². The summed E-state index contributed by atoms with van der Waals surface area (Å²) >= 11 is 0. The summed E-state index contributed by atoms with van der Waals surface area (Å²) in [5.41, 5.74) is 2.05. The van der Waals surface area contributed by atoms with E-state index in [1.165, 1.54) is 0 Å². The van der Waals surface area contributed by atoms with Crippen LogP contribution in [0.25, 0.3) is 5.76 Å². The van der Waals surface area contributed by atoms with E-state index in [9.17, 15) is 4.79 Å². The Kier molecular flexibility index (Phi) is 5.71. The topological polar surface area (TPSA) is 95.2 Å². The molecule has 0 aromatic heterocycles. The molecule has 8 nitrogen and oxygen atoms in total. The summed E-state index contributed by atoms with van der Waals surface area (Å²) in [5.74, 6) is 6.97. The van der Waals surface area contributed by atoms with Gasteiger partial charge in [0.2, 0.25) is 12.6 Å². The number of aliphatic imine (C=N–C) groups is 1. The van der Waals surface area contributed by atoms with Gasteiger partial charge < -0.3 is 20.2 Å². The van der Waals surface area contributed by atoms with Crippen LogP contribution in [-0.4, -0.2) is 42.1 Å². The number of likely N-dealkylation sites (N-methyl/N-ethyl adjacent to an activating group) is 1. The van der Waals surface area contributed by atoms with Crippen molar-refractivity contribution < 1.29 is 9.53 Å². The van der Waals surface area contributed by atoms with Gasteiger partial charge in [0.05, 0.1) is 11.2 Å². The number of carbonyl (C=O) groups excluding carboxylic acids is 1. The van der Waals surface area contributed by atoms with Crippen LogP contribution in [0, 0.1) is 0 Å². The maximum absolute atomic E-state index is 11.4. The fourth-order valence-electron chi connectivity index (χ4n) is 3.21. The number of carbonyl (C=O) groups is 1. The third-order valence-corrected chi connectivity index (χ3v) is 4.85. The molecular weight excluding hydrogens is 356 g/mol. The smallest absolute Gasteiger partial charge is 0.230 e. The Hall–Kier alpha value is -2.84. The van der Waals surface area contributed by atoms with Gasteiger partial charge in [0, 0.05) is 30.2 Å². The predicted molar refractivity (Wildman–Crippen MR) is 111 cm³/mol. The molecule has 0 saturated heterocycles. The van der Waals surface area contributed by atoms with Crippen molar-refractivity contribution in [1.82, 2.24) is 15.5 Å². The van der Waals surface area contributed by atoms with Gasteiger partial charge in [0.1, 0.15) is 12.0 Å². The quantitative estimate of drug-likeness (QED) is 0.374. The molecule has 0 radical (unpaired) electrons. The summed E-state index contributed by atoms with van der Waals surface area (Å²) in [6.45, 7) is 8.36. The SMILES string of the molecule is CCN(C1NC=C(c2cccc(N(N)C3N=CC=C(C)N3)c2)O1)C(C)(C)C=O. The van der Waals surface area contributed by atoms with E-state index in [1.807, 2.05) is 69.1 Å². The van der Waals surface area contributed by atoms with E-state index in [-0.39, 0.29) is 6.29 Å². The van der Waals surface area contributed by atoms with Crippen LogP contribution in [0.1, 0.15) is 33.3 Å². The fraction of sp³-hybridized carbons (Fsp3) is 0.400. The standard InChI is InChI=1S/C20H28N6O2/c1-5-25(20(3,4)13-27)19-23-12-17(28-19)15-7-6-8-16(11-15)26(21)18-22-10-9-14(2)24-18/h6-13,18-19,23-24H,5,21H2,1-4H3. The minimum absolute atomic E-state index is 0.367. The molecule has 150 valence electrons. The van der Waals surface area contributed by atoms with Gasteiger partial charge in [-0.05, 0) is 39.0 Å². The van der Waals surface area contributed by atoms with Crippen LogP contribution in [0.4, 0.5) is 5.69 Å². The molecule has 28 heavy (non-hydrogen) atoms. The highest BCUT2D eigenvalue weighted by Crippen LogP contribution is 2.28. The number of anilines is 1. The van der Waals surface area contributed by atoms with Gasteiger partial charge in [0.15, 0.2) is 0 Å². The molecule has 0 aliphatic carbocycles. The highest BCUT2D eigenvalue weighted by Gasteiger charge is 2.35. The monoisotopic (exact) mass is 384 g/mol. The lowest BCUT2D eigenvalue weighted by atomic mass is 10.1. The number of ether oxygens (including phenoxy) is 1. The summed E-state index contributed by atoms with van der Waals surface area (Å²) in [6.07, 6.45) is 5.61. The number of nitrogens with two attached hydrogens (primary N) is 1. The van der Waals surface area contributed by atoms with E-state index in [0.717, 1.165) is 23.2 Å². The molecule has 2 aliphatic rings. The van der Waals surface area contributed by atoms with Gasteiger partial charge in [-0.2, -0.15) is 0 Å². The van der Waals surface area contributed by atoms with Crippen LogP contribution in [0.15, 0.2) is 47.2 Å². The van der Waals surface area contributed by atoms with Crippen LogP contribution in [0.5, 0.6) is 0 Å². The summed E-state index contributed by atoms with van der Waals surface area (Å²) in [7, 11) is 0. The Morgan fingerprint density at radius 2 is 2.18 bits per heavy atom. The van der Waals surface area contributed by atoms with Crippen molar-refractivity contribution in [2.24, 2.45) is 10.8 Å². The Morgan fingerprint density at radius 1 is 1.39 bits per heavy atom. The molecule has 0 spiro atoms. The highest BCUT2D eigenvalue weighted by molar-refractivity contribution is 5.73. The number of nitrogens with zero attached hydrogens (tertiary/aromatic N) is 3. The molecule has 1 aromatic rings. The number of nitrogens with one attached hydrogen (secondary N) is 2. The Labute approximate surface area is 165 Å². The normalized spacial score (nSPS) is 21.4. The maximum atomic E-state index is 11.4. The van der Waals surface area contributed by atoms with Gasteiger partial charge in [-0.25, -0.2) is 15.7 Å². The molecule has 0 amide bonds. The van der Waals surface area contributed by atoms with Gasteiger partial charge in [-0.15, -0.1) is 0 Å². The van der Waals surface area contributed by atoms with Crippen LogP contribution >= 0.6 is 0 Å². The molecule has 3 rings (SSSR count). The first kappa shape index (κ1) is 19.9. The molecule has 2 heterocycles. The minimum atomic E-state index is -0.637. The molecule has 8 heteroatoms. The zero-order valence-electron chi connectivity index (χ0n) is 16.7. The van der Waals surface area contributed by atoms with Crippen LogP contribution in [0.3, 0.4) is 0 Å². The van der Waals surface area contributed by atoms with Crippen LogP contribution in [-0.2, 0) is 9.53 Å². The minimum Gasteiger partial charge on any atom is -0.455 e. The lowest BCUT2D eigenvalue weighted by Crippen LogP contribution is -2.54. The second kappa shape index (κ2) is 8.04. The molecule has 1 aromatic carbocycles. The van der Waals surface area contributed by atoms with E-state index in [2.05, 4.69) is 15.6 Å². The molecular formula is C20H28N6O2. The van der Waals surface area contributed by atoms with Crippen molar-refractivity contribution >= 4 is 23.9 Å². The Bertz CT molecular complexity index is 817. The second-order valence-electron chi connectivity index (χ2n) is 7.33. The van der Waals surface area contributed by atoms with Crippen molar-refractivity contribution in [3.8, 4) is 0 Å². The largest absolute Gasteiger partial charge is 0.455 e. The number of rotatable bonds is 7. The first-order chi connectivity index (χ1) is 13.4. The molecule has 2 atom stereocenters. The van der Waals surface area contributed by atoms with E-state index >= 15 is 0 Å². The van der Waals surface area contributed by atoms with Crippen molar-refractivity contribution in [2.45, 2.75) is 45.9 Å². The van der Waals surface area contributed by atoms with Crippen molar-refractivity contribution in [2.75, 3.05) is 11.6 Å². The lowest BCUT2D eigenvalue weighted by Gasteiger charge is -2.37. The molecule has 4 N–H and O–H groups in total. The van der Waals surface area contributed by atoms with Gasteiger partial charge >= 0.3 is 0 Å². The summed E-state index contributed by atoms with van der Waals surface area (Å²) in [4.78, 5) is 17.8. The number of aldehydes is 1.